The number of hydrogen-bond acceptors (Lipinski definition) is 2. The lowest BCUT2D eigenvalue weighted by Crippen LogP contribution is -2.13. The highest BCUT2D eigenvalue weighted by Gasteiger charge is 2.05. The number of hydrogen-bond donors (Lipinski definition) is 1. The highest BCUT2D eigenvalue weighted by Crippen LogP contribution is 2.24. The molecule has 1 N–H and O–H groups in total. The van der Waals surface area contributed by atoms with Gasteiger partial charge in [0, 0.05) is 23.1 Å². The fraction of sp³-hybridized carbons (Fsp3) is 0.294. The highest BCUT2D eigenvalue weighted by atomic mass is 35.5. The van der Waals surface area contributed by atoms with Gasteiger partial charge in [-0.25, -0.2) is 0 Å². The van der Waals surface area contributed by atoms with Crippen molar-refractivity contribution in [2.24, 2.45) is 0 Å². The highest BCUT2D eigenvalue weighted by molar-refractivity contribution is 7.16. The van der Waals surface area contributed by atoms with Gasteiger partial charge in [-0.2, -0.15) is 0 Å². The maximum Gasteiger partial charge on any atom is 0.0931 e. The number of rotatable bonds is 6. The first kappa shape index (κ1) is 14.6. The first-order chi connectivity index (χ1) is 10.3. The van der Waals surface area contributed by atoms with E-state index in [-0.39, 0.29) is 0 Å². The number of nitrogens with zero attached hydrogens (tertiary/aromatic N) is 1. The van der Waals surface area contributed by atoms with Crippen molar-refractivity contribution in [1.29, 1.82) is 0 Å². The summed E-state index contributed by atoms with van der Waals surface area (Å²) in [4.78, 5) is 1.28. The van der Waals surface area contributed by atoms with E-state index in [0.29, 0.717) is 0 Å². The molecule has 0 aliphatic heterocycles. The lowest BCUT2D eigenvalue weighted by atomic mass is 10.1. The normalized spacial score (nSPS) is 11.3. The number of fused-ring (bicyclic) bond motifs is 1. The van der Waals surface area contributed by atoms with Gasteiger partial charge in [-0.15, -0.1) is 11.3 Å². The summed E-state index contributed by atoms with van der Waals surface area (Å²) in [6.45, 7) is 5.06. The monoisotopic (exact) mass is 318 g/mol. The summed E-state index contributed by atoms with van der Waals surface area (Å²) in [5.74, 6) is 0. The number of aromatic nitrogens is 1. The molecule has 21 heavy (non-hydrogen) atoms. The van der Waals surface area contributed by atoms with Gasteiger partial charge in [-0.05, 0) is 48.2 Å². The van der Waals surface area contributed by atoms with Crippen molar-refractivity contribution in [2.45, 2.75) is 26.4 Å². The quantitative estimate of drug-likeness (QED) is 0.639. The van der Waals surface area contributed by atoms with Gasteiger partial charge in [0.05, 0.1) is 10.9 Å². The van der Waals surface area contributed by atoms with Gasteiger partial charge in [-0.3, -0.25) is 0 Å². The van der Waals surface area contributed by atoms with Crippen LogP contribution in [0.3, 0.4) is 0 Å². The van der Waals surface area contributed by atoms with Crippen molar-refractivity contribution in [3.63, 3.8) is 0 Å². The van der Waals surface area contributed by atoms with Crippen molar-refractivity contribution < 1.29 is 0 Å². The molecule has 0 atom stereocenters. The standard InChI is InChI=1S/C17H19ClN2S/c1-2-8-19-11-13-3-4-14-7-9-20(16(14)10-13)12-15-5-6-17(18)21-15/h3-7,9-10,19H,2,8,11-12H2,1H3. The number of halogens is 1. The SMILES string of the molecule is CCCNCc1ccc2ccn(Cc3ccc(Cl)s3)c2c1. The molecule has 0 unspecified atom stereocenters. The molecule has 110 valence electrons. The summed E-state index contributed by atoms with van der Waals surface area (Å²) in [5.41, 5.74) is 2.62. The number of thiophene rings is 1. The van der Waals surface area contributed by atoms with Gasteiger partial charge in [-0.1, -0.05) is 30.7 Å². The molecule has 0 spiro atoms. The van der Waals surface area contributed by atoms with Crippen LogP contribution in [0.5, 0.6) is 0 Å². The van der Waals surface area contributed by atoms with Crippen LogP contribution in [0.2, 0.25) is 4.34 Å². The van der Waals surface area contributed by atoms with E-state index < -0.39 is 0 Å². The third-order valence-corrected chi connectivity index (χ3v) is 4.77. The van der Waals surface area contributed by atoms with Crippen LogP contribution in [-0.2, 0) is 13.1 Å². The second-order valence-electron chi connectivity index (χ2n) is 5.22. The molecule has 0 radical (unpaired) electrons. The van der Waals surface area contributed by atoms with Crippen LogP contribution in [0.25, 0.3) is 10.9 Å². The van der Waals surface area contributed by atoms with Crippen LogP contribution in [0.4, 0.5) is 0 Å². The van der Waals surface area contributed by atoms with Gasteiger partial charge in [0.1, 0.15) is 0 Å². The van der Waals surface area contributed by atoms with Crippen LogP contribution < -0.4 is 5.32 Å². The molecule has 0 amide bonds. The molecule has 0 aliphatic rings. The molecule has 0 aliphatic carbocycles. The average molecular weight is 319 g/mol. The van der Waals surface area contributed by atoms with Crippen LogP contribution in [0.1, 0.15) is 23.8 Å². The Kier molecular flexibility index (Phi) is 4.63. The Morgan fingerprint density at radius 2 is 2.10 bits per heavy atom. The Hall–Kier alpha value is -1.29. The second-order valence-corrected chi connectivity index (χ2v) is 7.02. The summed E-state index contributed by atoms with van der Waals surface area (Å²) in [6, 6.07) is 12.9. The molecule has 4 heteroatoms. The minimum absolute atomic E-state index is 0.853. The summed E-state index contributed by atoms with van der Waals surface area (Å²) in [5, 5.41) is 4.74. The third kappa shape index (κ3) is 3.49. The molecule has 0 saturated carbocycles. The van der Waals surface area contributed by atoms with E-state index in [9.17, 15) is 0 Å². The molecule has 3 aromatic rings. The summed E-state index contributed by atoms with van der Waals surface area (Å²) < 4.78 is 3.15. The second kappa shape index (κ2) is 6.65. The molecule has 3 rings (SSSR count). The molecule has 1 aromatic carbocycles. The lowest BCUT2D eigenvalue weighted by Gasteiger charge is -2.07. The van der Waals surface area contributed by atoms with E-state index in [1.807, 2.05) is 6.07 Å². The van der Waals surface area contributed by atoms with Gasteiger partial charge >= 0.3 is 0 Å². The van der Waals surface area contributed by atoms with Gasteiger partial charge in [0.15, 0.2) is 0 Å². The molecule has 0 bridgehead atoms. The van der Waals surface area contributed by atoms with Gasteiger partial charge < -0.3 is 9.88 Å². The van der Waals surface area contributed by atoms with Crippen LogP contribution in [0.15, 0.2) is 42.6 Å². The zero-order chi connectivity index (χ0) is 14.7. The summed E-state index contributed by atoms with van der Waals surface area (Å²) >= 11 is 7.66. The van der Waals surface area contributed by atoms with Crippen molar-refractivity contribution in [1.82, 2.24) is 9.88 Å². The first-order valence-electron chi connectivity index (χ1n) is 7.29. The van der Waals surface area contributed by atoms with Crippen molar-refractivity contribution in [3.8, 4) is 0 Å². The molecule has 2 nitrogen and oxygen atoms in total. The van der Waals surface area contributed by atoms with Gasteiger partial charge in [0.2, 0.25) is 0 Å². The van der Waals surface area contributed by atoms with Crippen LogP contribution in [0, 0.1) is 0 Å². The Balaban J connectivity index is 1.83. The largest absolute Gasteiger partial charge is 0.342 e. The Morgan fingerprint density at radius 1 is 1.19 bits per heavy atom. The molecular formula is C17H19ClN2S. The maximum absolute atomic E-state index is 6.02. The molecule has 0 saturated heterocycles. The predicted molar refractivity (Wildman–Crippen MR) is 92.4 cm³/mol. The van der Waals surface area contributed by atoms with E-state index >= 15 is 0 Å². The minimum atomic E-state index is 0.853. The van der Waals surface area contributed by atoms with E-state index in [2.05, 4.69) is 53.3 Å². The third-order valence-electron chi connectivity index (χ3n) is 3.55. The Labute approximate surface area is 134 Å². The van der Waals surface area contributed by atoms with E-state index in [0.717, 1.165) is 30.4 Å². The fourth-order valence-corrected chi connectivity index (χ4v) is 3.58. The predicted octanol–water partition coefficient (Wildman–Crippen LogP) is 4.90. The van der Waals surface area contributed by atoms with Crippen LogP contribution >= 0.6 is 22.9 Å². The molecule has 0 fully saturated rings. The number of nitrogens with one attached hydrogen (secondary N) is 1. The first-order valence-corrected chi connectivity index (χ1v) is 8.48. The summed E-state index contributed by atoms with van der Waals surface area (Å²) in [6.07, 6.45) is 3.32. The Morgan fingerprint density at radius 3 is 2.86 bits per heavy atom. The average Bonchev–Trinajstić information content (AvgIpc) is 3.07. The maximum atomic E-state index is 6.02. The van der Waals surface area contributed by atoms with E-state index in [4.69, 9.17) is 11.6 Å². The molecule has 2 aromatic heterocycles. The fourth-order valence-electron chi connectivity index (χ4n) is 2.49. The molecule has 2 heterocycles. The van der Waals surface area contributed by atoms with Crippen molar-refractivity contribution >= 4 is 33.8 Å². The van der Waals surface area contributed by atoms with Gasteiger partial charge in [0.25, 0.3) is 0 Å². The van der Waals surface area contributed by atoms with E-state index in [1.54, 1.807) is 11.3 Å². The van der Waals surface area contributed by atoms with Crippen molar-refractivity contribution in [2.75, 3.05) is 6.54 Å². The topological polar surface area (TPSA) is 17.0 Å². The van der Waals surface area contributed by atoms with Crippen LogP contribution in [-0.4, -0.2) is 11.1 Å². The minimum Gasteiger partial charge on any atom is -0.342 e. The lowest BCUT2D eigenvalue weighted by molar-refractivity contribution is 0.675. The Bertz CT molecular complexity index is 729. The number of benzene rings is 1. The van der Waals surface area contributed by atoms with Crippen molar-refractivity contribution in [3.05, 3.63) is 57.4 Å². The zero-order valence-electron chi connectivity index (χ0n) is 12.1. The smallest absolute Gasteiger partial charge is 0.0931 e. The molecular weight excluding hydrogens is 300 g/mol. The van der Waals surface area contributed by atoms with E-state index in [1.165, 1.54) is 21.3 Å². The summed E-state index contributed by atoms with van der Waals surface area (Å²) in [7, 11) is 0. The zero-order valence-corrected chi connectivity index (χ0v) is 13.7.